The lowest BCUT2D eigenvalue weighted by molar-refractivity contribution is -0.233. The molecule has 1 aliphatic rings. The molecule has 0 amide bonds. The Kier molecular flexibility index (Phi) is 10.6. The van der Waals surface area contributed by atoms with Gasteiger partial charge in [0.15, 0.2) is 6.29 Å². The van der Waals surface area contributed by atoms with Gasteiger partial charge in [-0.1, -0.05) is 13.8 Å². The van der Waals surface area contributed by atoms with E-state index in [1.807, 2.05) is 0 Å². The van der Waals surface area contributed by atoms with Crippen LogP contribution in [0.25, 0.3) is 0 Å². The Balaban J connectivity index is 2.72. The quantitative estimate of drug-likeness (QED) is 0.180. The number of hydrogen-bond donors (Lipinski definition) is 7. The number of hydrogen-bond acceptors (Lipinski definition) is 10. The molecule has 1 aliphatic heterocycles. The van der Waals surface area contributed by atoms with Crippen LogP contribution in [0.3, 0.4) is 0 Å². The Morgan fingerprint density at radius 2 is 1.67 bits per heavy atom. The van der Waals surface area contributed by atoms with Gasteiger partial charge < -0.3 is 50.0 Å². The Labute approximate surface area is 158 Å². The zero-order chi connectivity index (χ0) is 20.7. The molecule has 0 spiro atoms. The van der Waals surface area contributed by atoms with Gasteiger partial charge >= 0.3 is 0 Å². The molecule has 1 heterocycles. The van der Waals surface area contributed by atoms with E-state index >= 15 is 0 Å². The van der Waals surface area contributed by atoms with Crippen LogP contribution in [-0.4, -0.2) is 111 Å². The molecule has 0 aliphatic carbocycles. The van der Waals surface area contributed by atoms with Gasteiger partial charge in [0.1, 0.15) is 24.4 Å². The van der Waals surface area contributed by atoms with E-state index < -0.39 is 62.0 Å². The van der Waals surface area contributed by atoms with Crippen molar-refractivity contribution in [2.24, 2.45) is 11.8 Å². The molecule has 1 fully saturated rings. The number of ether oxygens (including phenoxy) is 3. The van der Waals surface area contributed by atoms with Crippen molar-refractivity contribution in [1.82, 2.24) is 0 Å². The van der Waals surface area contributed by atoms with Crippen molar-refractivity contribution in [1.29, 1.82) is 0 Å². The van der Waals surface area contributed by atoms with Gasteiger partial charge in [0.05, 0.1) is 44.7 Å². The fourth-order valence-electron chi connectivity index (χ4n) is 3.04. The molecule has 0 aromatic carbocycles. The summed E-state index contributed by atoms with van der Waals surface area (Å²) >= 11 is 0. The molecular weight excluding hydrogens is 364 g/mol. The van der Waals surface area contributed by atoms with Crippen LogP contribution in [0.1, 0.15) is 20.8 Å². The Hall–Kier alpha value is -0.400. The minimum Gasteiger partial charge on any atom is -0.394 e. The average Bonchev–Trinajstić information content (AvgIpc) is 2.67. The van der Waals surface area contributed by atoms with Gasteiger partial charge in [0.2, 0.25) is 0 Å². The van der Waals surface area contributed by atoms with Crippen molar-refractivity contribution in [2.75, 3.05) is 26.4 Å². The molecule has 0 saturated carbocycles. The van der Waals surface area contributed by atoms with Crippen molar-refractivity contribution in [3.63, 3.8) is 0 Å². The Morgan fingerprint density at radius 1 is 1.04 bits per heavy atom. The molecule has 10 atom stereocenters. The van der Waals surface area contributed by atoms with Crippen LogP contribution in [-0.2, 0) is 14.2 Å². The summed E-state index contributed by atoms with van der Waals surface area (Å²) in [6, 6.07) is 0. The molecule has 0 radical (unpaired) electrons. The fourth-order valence-corrected chi connectivity index (χ4v) is 3.04. The fraction of sp³-hybridized carbons (Fsp3) is 1.00. The van der Waals surface area contributed by atoms with Crippen molar-refractivity contribution >= 4 is 0 Å². The first-order chi connectivity index (χ1) is 12.7. The van der Waals surface area contributed by atoms with E-state index in [4.69, 9.17) is 24.4 Å². The topological polar surface area (TPSA) is 169 Å². The predicted octanol–water partition coefficient (Wildman–Crippen LogP) is -2.81. The monoisotopic (exact) mass is 398 g/mol. The highest BCUT2D eigenvalue weighted by atomic mass is 16.6. The highest BCUT2D eigenvalue weighted by Gasteiger charge is 2.42. The summed E-state index contributed by atoms with van der Waals surface area (Å²) in [5.41, 5.74) is 0. The van der Waals surface area contributed by atoms with E-state index in [1.165, 1.54) is 0 Å². The third kappa shape index (κ3) is 6.57. The normalized spacial score (nSPS) is 34.7. The summed E-state index contributed by atoms with van der Waals surface area (Å²) in [6.07, 6.45) is -8.48. The van der Waals surface area contributed by atoms with Crippen LogP contribution in [0.15, 0.2) is 0 Å². The highest BCUT2D eigenvalue weighted by Crippen LogP contribution is 2.28. The average molecular weight is 398 g/mol. The third-order valence-electron chi connectivity index (χ3n) is 5.06. The maximum Gasteiger partial charge on any atom is 0.178 e. The molecule has 7 N–H and O–H groups in total. The SMILES string of the molecule is CC(CO[C@@H]1C(CO)O[C@@H](C)[C@@H](C)C1O)[C@@H](O)[C@H](O[C@H](O)CO)C(O)CO. The molecule has 162 valence electrons. The van der Waals surface area contributed by atoms with Crippen molar-refractivity contribution in [2.45, 2.75) is 69.8 Å². The molecule has 1 saturated heterocycles. The molecule has 10 heteroatoms. The zero-order valence-electron chi connectivity index (χ0n) is 16.0. The smallest absolute Gasteiger partial charge is 0.178 e. The Bertz CT molecular complexity index is 409. The molecule has 0 aromatic heterocycles. The molecule has 27 heavy (non-hydrogen) atoms. The highest BCUT2D eigenvalue weighted by molar-refractivity contribution is 4.90. The molecule has 4 unspecified atom stereocenters. The van der Waals surface area contributed by atoms with Crippen molar-refractivity contribution in [3.8, 4) is 0 Å². The van der Waals surface area contributed by atoms with Crippen molar-refractivity contribution < 1.29 is 50.0 Å². The van der Waals surface area contributed by atoms with E-state index in [1.54, 1.807) is 20.8 Å². The number of aliphatic hydroxyl groups excluding tert-OH is 7. The van der Waals surface area contributed by atoms with E-state index in [9.17, 15) is 25.5 Å². The largest absolute Gasteiger partial charge is 0.394 e. The van der Waals surface area contributed by atoms with Gasteiger partial charge in [-0.15, -0.1) is 0 Å². The number of rotatable bonds is 11. The van der Waals surface area contributed by atoms with Gasteiger partial charge in [-0.25, -0.2) is 0 Å². The summed E-state index contributed by atoms with van der Waals surface area (Å²) in [5.74, 6) is -0.853. The second-order valence-corrected chi connectivity index (χ2v) is 7.17. The van der Waals surface area contributed by atoms with Gasteiger partial charge in [-0.05, 0) is 6.92 Å². The lowest BCUT2D eigenvalue weighted by Gasteiger charge is -2.42. The van der Waals surface area contributed by atoms with Crippen LogP contribution < -0.4 is 0 Å². The molecule has 0 bridgehead atoms. The van der Waals surface area contributed by atoms with Gasteiger partial charge in [0, 0.05) is 11.8 Å². The van der Waals surface area contributed by atoms with E-state index in [-0.39, 0.29) is 25.2 Å². The van der Waals surface area contributed by atoms with Gasteiger partial charge in [0.25, 0.3) is 0 Å². The molecular formula is C17H34O10. The first kappa shape index (κ1) is 24.6. The molecule has 1 rings (SSSR count). The minimum absolute atomic E-state index is 0.0723. The zero-order valence-corrected chi connectivity index (χ0v) is 16.0. The maximum absolute atomic E-state index is 10.4. The lowest BCUT2D eigenvalue weighted by atomic mass is 9.88. The maximum atomic E-state index is 10.4. The van der Waals surface area contributed by atoms with Crippen LogP contribution in [0.2, 0.25) is 0 Å². The Morgan fingerprint density at radius 3 is 2.19 bits per heavy atom. The third-order valence-corrected chi connectivity index (χ3v) is 5.06. The predicted molar refractivity (Wildman–Crippen MR) is 92.6 cm³/mol. The van der Waals surface area contributed by atoms with Crippen LogP contribution >= 0.6 is 0 Å². The van der Waals surface area contributed by atoms with Crippen LogP contribution in [0, 0.1) is 11.8 Å². The first-order valence-corrected chi connectivity index (χ1v) is 9.15. The number of aliphatic hydroxyl groups is 7. The second-order valence-electron chi connectivity index (χ2n) is 7.17. The van der Waals surface area contributed by atoms with Crippen LogP contribution in [0.4, 0.5) is 0 Å². The lowest BCUT2D eigenvalue weighted by Crippen LogP contribution is -2.56. The summed E-state index contributed by atoms with van der Waals surface area (Å²) in [7, 11) is 0. The summed E-state index contributed by atoms with van der Waals surface area (Å²) in [6.45, 7) is 3.31. The van der Waals surface area contributed by atoms with E-state index in [2.05, 4.69) is 0 Å². The standard InChI is InChI=1S/C17H34O10/c1-8(14(23)16(11(21)4-18)27-13(22)6-20)7-25-17-12(5-19)26-10(3)9(2)15(17)24/h8-24H,4-7H2,1-3H3/t8?,9-,10+,11?,12?,13+,14-,15?,16-,17-/m1/s1. The molecule has 0 aromatic rings. The van der Waals surface area contributed by atoms with Gasteiger partial charge in [-0.3, -0.25) is 0 Å². The summed E-state index contributed by atoms with van der Waals surface area (Å²) in [5, 5.41) is 67.5. The van der Waals surface area contributed by atoms with Crippen molar-refractivity contribution in [3.05, 3.63) is 0 Å². The second kappa shape index (κ2) is 11.6. The summed E-state index contributed by atoms with van der Waals surface area (Å²) in [4.78, 5) is 0. The van der Waals surface area contributed by atoms with Gasteiger partial charge in [-0.2, -0.15) is 0 Å². The summed E-state index contributed by atoms with van der Waals surface area (Å²) < 4.78 is 16.3. The van der Waals surface area contributed by atoms with Crippen LogP contribution in [0.5, 0.6) is 0 Å². The van der Waals surface area contributed by atoms with E-state index in [0.717, 1.165) is 0 Å². The first-order valence-electron chi connectivity index (χ1n) is 9.15. The minimum atomic E-state index is -1.63. The van der Waals surface area contributed by atoms with E-state index in [0.29, 0.717) is 0 Å². The molecule has 10 nitrogen and oxygen atoms in total.